The van der Waals surface area contributed by atoms with Crippen LogP contribution in [-0.2, 0) is 16.1 Å². The lowest BCUT2D eigenvalue weighted by atomic mass is 10.2. The minimum Gasteiger partial charge on any atom is -0.340 e. The van der Waals surface area contributed by atoms with Crippen LogP contribution >= 0.6 is 11.3 Å². The summed E-state index contributed by atoms with van der Waals surface area (Å²) in [5.41, 5.74) is 3.16. The van der Waals surface area contributed by atoms with Gasteiger partial charge >= 0.3 is 0 Å². The number of amides is 2. The summed E-state index contributed by atoms with van der Waals surface area (Å²) in [5, 5.41) is 0.741. The molecule has 0 N–H and O–H groups in total. The zero-order valence-corrected chi connectivity index (χ0v) is 19.2. The van der Waals surface area contributed by atoms with Crippen molar-refractivity contribution in [3.8, 4) is 0 Å². The van der Waals surface area contributed by atoms with Crippen LogP contribution in [0.5, 0.6) is 0 Å². The van der Waals surface area contributed by atoms with Crippen molar-refractivity contribution < 1.29 is 9.59 Å². The van der Waals surface area contributed by atoms with Gasteiger partial charge < -0.3 is 4.90 Å². The van der Waals surface area contributed by atoms with Crippen molar-refractivity contribution in [3.63, 3.8) is 0 Å². The van der Waals surface area contributed by atoms with E-state index in [1.807, 2.05) is 46.2 Å². The maximum atomic E-state index is 13.5. The predicted molar refractivity (Wildman–Crippen MR) is 128 cm³/mol. The Labute approximate surface area is 192 Å². The average molecular weight is 449 g/mol. The number of nitrogens with zero attached hydrogens (tertiary/aromatic N) is 4. The van der Waals surface area contributed by atoms with Crippen molar-refractivity contribution in [2.45, 2.75) is 26.3 Å². The Morgan fingerprint density at radius 1 is 1.03 bits per heavy atom. The first-order chi connectivity index (χ1) is 15.6. The number of carbonyl (C=O) groups excluding carboxylic acids is 2. The number of hydrogen-bond acceptors (Lipinski definition) is 5. The van der Waals surface area contributed by atoms with Gasteiger partial charge in [-0.3, -0.25) is 19.4 Å². The highest BCUT2D eigenvalue weighted by atomic mass is 32.1. The van der Waals surface area contributed by atoms with E-state index in [1.165, 1.54) is 0 Å². The summed E-state index contributed by atoms with van der Waals surface area (Å²) in [5.74, 6) is 0.603. The van der Waals surface area contributed by atoms with E-state index in [-0.39, 0.29) is 11.8 Å². The van der Waals surface area contributed by atoms with Gasteiger partial charge in [-0.05, 0) is 37.0 Å². The SMILES string of the molecule is Cc1cccc2sc(N(Cc3ccccc3)C(=O)CN3CCN(C(=O)C4CC4)CC3)nc12. The van der Waals surface area contributed by atoms with E-state index in [4.69, 9.17) is 4.98 Å². The Morgan fingerprint density at radius 2 is 1.78 bits per heavy atom. The van der Waals surface area contributed by atoms with Gasteiger partial charge in [-0.25, -0.2) is 4.98 Å². The number of aryl methyl sites for hydroxylation is 1. The van der Waals surface area contributed by atoms with Gasteiger partial charge in [0.2, 0.25) is 11.8 Å². The molecule has 0 unspecified atom stereocenters. The Morgan fingerprint density at radius 3 is 2.47 bits per heavy atom. The van der Waals surface area contributed by atoms with Gasteiger partial charge in [-0.2, -0.15) is 0 Å². The molecule has 3 aromatic rings. The molecule has 1 aromatic heterocycles. The minimum absolute atomic E-state index is 0.0486. The molecule has 7 heteroatoms. The lowest BCUT2D eigenvalue weighted by Crippen LogP contribution is -2.52. The molecule has 1 aliphatic heterocycles. The average Bonchev–Trinajstić information content (AvgIpc) is 3.57. The fourth-order valence-corrected chi connectivity index (χ4v) is 5.27. The number of aromatic nitrogens is 1. The van der Waals surface area contributed by atoms with Gasteiger partial charge in [0, 0.05) is 32.1 Å². The Kier molecular flexibility index (Phi) is 5.93. The first-order valence-corrected chi connectivity index (χ1v) is 12.1. The number of fused-ring (bicyclic) bond motifs is 1. The number of para-hydroxylation sites is 1. The first-order valence-electron chi connectivity index (χ1n) is 11.3. The summed E-state index contributed by atoms with van der Waals surface area (Å²) in [6, 6.07) is 16.2. The predicted octanol–water partition coefficient (Wildman–Crippen LogP) is 3.69. The van der Waals surface area contributed by atoms with Crippen LogP contribution in [0.25, 0.3) is 10.2 Å². The highest BCUT2D eigenvalue weighted by Gasteiger charge is 2.35. The molecule has 166 valence electrons. The van der Waals surface area contributed by atoms with Gasteiger partial charge in [-0.15, -0.1) is 0 Å². The topological polar surface area (TPSA) is 56.8 Å². The fraction of sp³-hybridized carbons (Fsp3) is 0.400. The normalized spacial score (nSPS) is 17.0. The van der Waals surface area contributed by atoms with E-state index in [9.17, 15) is 9.59 Å². The third-order valence-corrected chi connectivity index (χ3v) is 7.34. The molecule has 6 nitrogen and oxygen atoms in total. The van der Waals surface area contributed by atoms with Gasteiger partial charge in [0.1, 0.15) is 0 Å². The molecule has 2 heterocycles. The number of piperazine rings is 1. The van der Waals surface area contributed by atoms with E-state index < -0.39 is 0 Å². The van der Waals surface area contributed by atoms with Gasteiger partial charge in [0.05, 0.1) is 23.3 Å². The van der Waals surface area contributed by atoms with Crippen LogP contribution in [-0.4, -0.2) is 59.3 Å². The van der Waals surface area contributed by atoms with E-state index >= 15 is 0 Å². The molecule has 1 saturated heterocycles. The first kappa shape index (κ1) is 21.1. The summed E-state index contributed by atoms with van der Waals surface area (Å²) in [6.07, 6.45) is 2.07. The lowest BCUT2D eigenvalue weighted by molar-refractivity contribution is -0.134. The molecule has 0 spiro atoms. The van der Waals surface area contributed by atoms with Crippen LogP contribution < -0.4 is 4.90 Å². The minimum atomic E-state index is 0.0486. The van der Waals surface area contributed by atoms with Gasteiger partial charge in [-0.1, -0.05) is 53.8 Å². The number of anilines is 1. The Balaban J connectivity index is 1.32. The monoisotopic (exact) mass is 448 g/mol. The van der Waals surface area contributed by atoms with Crippen LogP contribution in [0.3, 0.4) is 0 Å². The maximum Gasteiger partial charge on any atom is 0.243 e. The van der Waals surface area contributed by atoms with E-state index in [1.54, 1.807) is 11.3 Å². The Bertz CT molecular complexity index is 1120. The van der Waals surface area contributed by atoms with E-state index in [0.717, 1.165) is 52.4 Å². The number of hydrogen-bond donors (Lipinski definition) is 0. The van der Waals surface area contributed by atoms with Crippen LogP contribution in [0, 0.1) is 12.8 Å². The zero-order chi connectivity index (χ0) is 22.1. The van der Waals surface area contributed by atoms with Crippen LogP contribution in [0.15, 0.2) is 48.5 Å². The van der Waals surface area contributed by atoms with E-state index in [0.29, 0.717) is 32.1 Å². The third-order valence-electron chi connectivity index (χ3n) is 6.29. The molecule has 2 aromatic carbocycles. The standard InChI is InChI=1S/C25H28N4O2S/c1-18-6-5-9-21-23(18)26-25(32-21)29(16-19-7-3-2-4-8-19)22(30)17-27-12-14-28(15-13-27)24(31)20-10-11-20/h2-9,20H,10-17H2,1H3. The molecule has 2 fully saturated rings. The van der Waals surface area contributed by atoms with Crippen LogP contribution in [0.4, 0.5) is 5.13 Å². The summed E-state index contributed by atoms with van der Waals surface area (Å²) < 4.78 is 1.10. The summed E-state index contributed by atoms with van der Waals surface area (Å²) >= 11 is 1.57. The second kappa shape index (κ2) is 9.00. The molecule has 0 radical (unpaired) electrons. The van der Waals surface area contributed by atoms with Crippen molar-refractivity contribution in [2.24, 2.45) is 5.92 Å². The molecular weight excluding hydrogens is 420 g/mol. The van der Waals surface area contributed by atoms with Gasteiger partial charge in [0.15, 0.2) is 5.13 Å². The highest BCUT2D eigenvalue weighted by Crippen LogP contribution is 2.32. The second-order valence-corrected chi connectivity index (χ2v) is 9.77. The quantitative estimate of drug-likeness (QED) is 0.577. The van der Waals surface area contributed by atoms with E-state index in [2.05, 4.69) is 24.0 Å². The Hall–Kier alpha value is -2.77. The van der Waals surface area contributed by atoms with Gasteiger partial charge in [0.25, 0.3) is 0 Å². The number of thiazole rings is 1. The maximum absolute atomic E-state index is 13.5. The molecule has 1 aliphatic carbocycles. The van der Waals surface area contributed by atoms with Crippen molar-refractivity contribution in [2.75, 3.05) is 37.6 Å². The molecule has 2 amide bonds. The lowest BCUT2D eigenvalue weighted by Gasteiger charge is -2.35. The highest BCUT2D eigenvalue weighted by molar-refractivity contribution is 7.22. The number of benzene rings is 2. The molecule has 1 saturated carbocycles. The smallest absolute Gasteiger partial charge is 0.243 e. The van der Waals surface area contributed by atoms with Crippen molar-refractivity contribution in [3.05, 3.63) is 59.7 Å². The van der Waals surface area contributed by atoms with Crippen LogP contribution in [0.1, 0.15) is 24.0 Å². The van der Waals surface area contributed by atoms with Crippen molar-refractivity contribution in [1.29, 1.82) is 0 Å². The zero-order valence-electron chi connectivity index (χ0n) is 18.4. The van der Waals surface area contributed by atoms with Crippen molar-refractivity contribution in [1.82, 2.24) is 14.8 Å². The van der Waals surface area contributed by atoms with Crippen molar-refractivity contribution >= 4 is 38.5 Å². The summed E-state index contributed by atoms with van der Waals surface area (Å²) in [6.45, 7) is 5.79. The number of rotatable bonds is 6. The molecule has 32 heavy (non-hydrogen) atoms. The molecule has 5 rings (SSSR count). The number of carbonyl (C=O) groups is 2. The fourth-order valence-electron chi connectivity index (χ4n) is 4.21. The largest absolute Gasteiger partial charge is 0.340 e. The molecule has 2 aliphatic rings. The molecule has 0 bridgehead atoms. The summed E-state index contributed by atoms with van der Waals surface area (Å²) in [4.78, 5) is 36.6. The third kappa shape index (κ3) is 4.54. The summed E-state index contributed by atoms with van der Waals surface area (Å²) in [7, 11) is 0. The van der Waals surface area contributed by atoms with Crippen LogP contribution in [0.2, 0.25) is 0 Å². The molecular formula is C25H28N4O2S. The molecule has 0 atom stereocenters. The second-order valence-electron chi connectivity index (χ2n) is 8.76.